The van der Waals surface area contributed by atoms with E-state index in [4.69, 9.17) is 0 Å². The molecule has 154 valence electrons. The zero-order valence-electron chi connectivity index (χ0n) is 16.9. The highest BCUT2D eigenvalue weighted by Crippen LogP contribution is 2.23. The van der Waals surface area contributed by atoms with Crippen LogP contribution in [0.15, 0.2) is 54.6 Å². The lowest BCUT2D eigenvalue weighted by Gasteiger charge is -2.28. The second-order valence-electron chi connectivity index (χ2n) is 7.34. The molecule has 1 saturated heterocycles. The fourth-order valence-electron chi connectivity index (χ4n) is 3.53. The Morgan fingerprint density at radius 2 is 1.67 bits per heavy atom. The van der Waals surface area contributed by atoms with Gasteiger partial charge in [0.05, 0.1) is 5.56 Å². The third kappa shape index (κ3) is 4.74. The molecule has 0 bridgehead atoms. The molecule has 6 nitrogen and oxygen atoms in total. The van der Waals surface area contributed by atoms with Gasteiger partial charge in [-0.15, -0.1) is 0 Å². The highest BCUT2D eigenvalue weighted by molar-refractivity contribution is 6.04. The first kappa shape index (κ1) is 19.8. The van der Waals surface area contributed by atoms with Crippen molar-refractivity contribution in [1.29, 1.82) is 0 Å². The van der Waals surface area contributed by atoms with Gasteiger partial charge < -0.3 is 15.5 Å². The molecule has 3 aromatic rings. The standard InChI is InChI=1S/C23H24FN5O/c1-16-25-21(15-22(26-16)29-13-5-2-6-14-29)27-17-9-11-18(12-10-17)28-23(30)19-7-3-4-8-20(19)24/h3-4,7-12,15H,2,5-6,13-14H2,1H3,(H,28,30)(H,25,26,27). The number of piperidine rings is 1. The van der Waals surface area contributed by atoms with Gasteiger partial charge in [-0.3, -0.25) is 4.79 Å². The van der Waals surface area contributed by atoms with E-state index in [-0.39, 0.29) is 5.56 Å². The maximum absolute atomic E-state index is 13.8. The van der Waals surface area contributed by atoms with Crippen LogP contribution < -0.4 is 15.5 Å². The second kappa shape index (κ2) is 8.90. The average Bonchev–Trinajstić information content (AvgIpc) is 2.75. The summed E-state index contributed by atoms with van der Waals surface area (Å²) in [5.41, 5.74) is 1.43. The lowest BCUT2D eigenvalue weighted by molar-refractivity contribution is 0.102. The summed E-state index contributed by atoms with van der Waals surface area (Å²) in [4.78, 5) is 23.6. The van der Waals surface area contributed by atoms with E-state index in [1.54, 1.807) is 24.3 Å². The molecule has 1 aromatic heterocycles. The zero-order chi connectivity index (χ0) is 20.9. The predicted molar refractivity (Wildman–Crippen MR) is 117 cm³/mol. The minimum absolute atomic E-state index is 0.0152. The molecule has 2 N–H and O–H groups in total. The predicted octanol–water partition coefficient (Wildman–Crippen LogP) is 4.91. The van der Waals surface area contributed by atoms with Gasteiger partial charge in [-0.1, -0.05) is 12.1 Å². The third-order valence-corrected chi connectivity index (χ3v) is 5.04. The number of nitrogens with zero attached hydrogens (tertiary/aromatic N) is 3. The van der Waals surface area contributed by atoms with E-state index in [9.17, 15) is 9.18 Å². The molecule has 1 fully saturated rings. The molecule has 2 aromatic carbocycles. The highest BCUT2D eigenvalue weighted by atomic mass is 19.1. The van der Waals surface area contributed by atoms with Crippen molar-refractivity contribution < 1.29 is 9.18 Å². The Morgan fingerprint density at radius 3 is 2.40 bits per heavy atom. The van der Waals surface area contributed by atoms with E-state index < -0.39 is 11.7 Å². The summed E-state index contributed by atoms with van der Waals surface area (Å²) >= 11 is 0. The van der Waals surface area contributed by atoms with Gasteiger partial charge in [0.25, 0.3) is 5.91 Å². The number of halogens is 1. The first-order chi connectivity index (χ1) is 14.6. The summed E-state index contributed by atoms with van der Waals surface area (Å²) in [5.74, 6) is 1.36. The number of hydrogen-bond acceptors (Lipinski definition) is 5. The maximum atomic E-state index is 13.8. The van der Waals surface area contributed by atoms with Crippen LogP contribution in [0.5, 0.6) is 0 Å². The SMILES string of the molecule is Cc1nc(Nc2ccc(NC(=O)c3ccccc3F)cc2)cc(N2CCCCC2)n1. The summed E-state index contributed by atoms with van der Waals surface area (Å²) in [7, 11) is 0. The Morgan fingerprint density at radius 1 is 0.967 bits per heavy atom. The zero-order valence-corrected chi connectivity index (χ0v) is 16.9. The number of amides is 1. The van der Waals surface area contributed by atoms with E-state index in [0.717, 1.165) is 30.4 Å². The van der Waals surface area contributed by atoms with Crippen molar-refractivity contribution >= 4 is 28.9 Å². The number of aryl methyl sites for hydroxylation is 1. The Hall–Kier alpha value is -3.48. The Balaban J connectivity index is 1.44. The minimum atomic E-state index is -0.545. The number of anilines is 4. The molecule has 0 atom stereocenters. The number of carbonyl (C=O) groups is 1. The summed E-state index contributed by atoms with van der Waals surface area (Å²) in [6.07, 6.45) is 3.64. The molecule has 0 unspecified atom stereocenters. The molecule has 0 radical (unpaired) electrons. The topological polar surface area (TPSA) is 70.2 Å². The van der Waals surface area contributed by atoms with Gasteiger partial charge in [-0.2, -0.15) is 0 Å². The summed E-state index contributed by atoms with van der Waals surface area (Å²) in [6.45, 7) is 3.93. The molecule has 30 heavy (non-hydrogen) atoms. The van der Waals surface area contributed by atoms with E-state index in [2.05, 4.69) is 25.5 Å². The van der Waals surface area contributed by atoms with Crippen molar-refractivity contribution in [1.82, 2.24) is 9.97 Å². The van der Waals surface area contributed by atoms with Gasteiger partial charge in [0.2, 0.25) is 0 Å². The molecule has 1 amide bonds. The minimum Gasteiger partial charge on any atom is -0.356 e. The average molecular weight is 405 g/mol. The van der Waals surface area contributed by atoms with Crippen LogP contribution in [0.1, 0.15) is 35.4 Å². The molecule has 1 aliphatic rings. The Kier molecular flexibility index (Phi) is 5.88. The third-order valence-electron chi connectivity index (χ3n) is 5.04. The fraction of sp³-hybridized carbons (Fsp3) is 0.261. The van der Waals surface area contributed by atoms with Crippen LogP contribution in [0, 0.1) is 12.7 Å². The van der Waals surface area contributed by atoms with Crippen molar-refractivity contribution in [2.75, 3.05) is 28.6 Å². The fourth-order valence-corrected chi connectivity index (χ4v) is 3.53. The van der Waals surface area contributed by atoms with Crippen LogP contribution >= 0.6 is 0 Å². The summed E-state index contributed by atoms with van der Waals surface area (Å²) in [5, 5.41) is 6.01. The van der Waals surface area contributed by atoms with Gasteiger partial charge in [0, 0.05) is 30.5 Å². The number of carbonyl (C=O) groups excluding carboxylic acids is 1. The molecule has 2 heterocycles. The largest absolute Gasteiger partial charge is 0.356 e. The van der Waals surface area contributed by atoms with Crippen LogP contribution in [0.4, 0.5) is 27.4 Å². The molecular weight excluding hydrogens is 381 g/mol. The highest BCUT2D eigenvalue weighted by Gasteiger charge is 2.14. The van der Waals surface area contributed by atoms with Crippen LogP contribution in [0.3, 0.4) is 0 Å². The molecule has 0 saturated carbocycles. The van der Waals surface area contributed by atoms with Crippen LogP contribution in [0.25, 0.3) is 0 Å². The van der Waals surface area contributed by atoms with Gasteiger partial charge in [-0.25, -0.2) is 14.4 Å². The summed E-state index contributed by atoms with van der Waals surface area (Å²) < 4.78 is 13.8. The van der Waals surface area contributed by atoms with Crippen LogP contribution in [0.2, 0.25) is 0 Å². The van der Waals surface area contributed by atoms with E-state index in [0.29, 0.717) is 11.5 Å². The van der Waals surface area contributed by atoms with Crippen molar-refractivity contribution in [2.45, 2.75) is 26.2 Å². The Bertz CT molecular complexity index is 1030. The lowest BCUT2D eigenvalue weighted by Crippen LogP contribution is -2.30. The normalized spacial score (nSPS) is 13.7. The molecule has 0 spiro atoms. The molecular formula is C23H24FN5O. The quantitative estimate of drug-likeness (QED) is 0.631. The Labute approximate surface area is 175 Å². The number of nitrogens with one attached hydrogen (secondary N) is 2. The van der Waals surface area contributed by atoms with Gasteiger partial charge >= 0.3 is 0 Å². The van der Waals surface area contributed by atoms with Crippen molar-refractivity contribution in [3.8, 4) is 0 Å². The molecule has 0 aliphatic carbocycles. The smallest absolute Gasteiger partial charge is 0.258 e. The van der Waals surface area contributed by atoms with Crippen LogP contribution in [-0.2, 0) is 0 Å². The number of benzene rings is 2. The van der Waals surface area contributed by atoms with Gasteiger partial charge in [0.1, 0.15) is 23.3 Å². The monoisotopic (exact) mass is 405 g/mol. The van der Waals surface area contributed by atoms with E-state index in [1.807, 2.05) is 25.1 Å². The molecule has 1 aliphatic heterocycles. The van der Waals surface area contributed by atoms with Crippen molar-refractivity contribution in [3.05, 3.63) is 71.8 Å². The second-order valence-corrected chi connectivity index (χ2v) is 7.34. The number of rotatable bonds is 5. The molecule has 7 heteroatoms. The molecule has 4 rings (SSSR count). The lowest BCUT2D eigenvalue weighted by atomic mass is 10.1. The first-order valence-electron chi connectivity index (χ1n) is 10.1. The van der Waals surface area contributed by atoms with Gasteiger partial charge in [-0.05, 0) is 62.6 Å². The van der Waals surface area contributed by atoms with E-state index in [1.165, 1.54) is 31.4 Å². The van der Waals surface area contributed by atoms with Crippen LogP contribution in [-0.4, -0.2) is 29.0 Å². The maximum Gasteiger partial charge on any atom is 0.258 e. The van der Waals surface area contributed by atoms with Crippen molar-refractivity contribution in [3.63, 3.8) is 0 Å². The van der Waals surface area contributed by atoms with Gasteiger partial charge in [0.15, 0.2) is 0 Å². The van der Waals surface area contributed by atoms with Crippen molar-refractivity contribution in [2.24, 2.45) is 0 Å². The van der Waals surface area contributed by atoms with E-state index >= 15 is 0 Å². The number of hydrogen-bond donors (Lipinski definition) is 2. The summed E-state index contributed by atoms with van der Waals surface area (Å²) in [6, 6.07) is 15.1. The number of aromatic nitrogens is 2. The first-order valence-corrected chi connectivity index (χ1v) is 10.1.